The minimum Gasteiger partial charge on any atom is -0.323 e. The number of hydrogen-bond donors (Lipinski definition) is 1. The van der Waals surface area contributed by atoms with E-state index in [-0.39, 0.29) is 5.91 Å². The molecule has 1 aromatic rings. The molecule has 1 amide bonds. The van der Waals surface area contributed by atoms with Crippen LogP contribution in [0.25, 0.3) is 0 Å². The standard InChI is InChI=1S/C14H14Br2N2O/c1-8-3-10(15)12(11(16)4-8)18-13(19)14(7-17)5-9(2)6-14/h3-4,9H,5-6H2,1-2H3,(H,18,19). The van der Waals surface area contributed by atoms with Gasteiger partial charge in [-0.25, -0.2) is 0 Å². The molecule has 0 aromatic heterocycles. The Hall–Kier alpha value is -0.860. The summed E-state index contributed by atoms with van der Waals surface area (Å²) in [5.41, 5.74) is 0.914. The highest BCUT2D eigenvalue weighted by Gasteiger charge is 2.49. The van der Waals surface area contributed by atoms with Crippen LogP contribution in [0.1, 0.15) is 25.3 Å². The number of hydrogen-bond acceptors (Lipinski definition) is 2. The summed E-state index contributed by atoms with van der Waals surface area (Å²) in [7, 11) is 0. The second-order valence-electron chi connectivity index (χ2n) is 5.27. The number of nitriles is 1. The van der Waals surface area contributed by atoms with Crippen LogP contribution in [0.15, 0.2) is 21.1 Å². The normalized spacial score (nSPS) is 25.3. The molecular weight excluding hydrogens is 372 g/mol. The molecule has 0 spiro atoms. The molecule has 0 heterocycles. The maximum atomic E-state index is 12.3. The van der Waals surface area contributed by atoms with Gasteiger partial charge in [0.05, 0.1) is 11.8 Å². The Morgan fingerprint density at radius 1 is 1.42 bits per heavy atom. The van der Waals surface area contributed by atoms with Crippen LogP contribution in [0.3, 0.4) is 0 Å². The highest BCUT2D eigenvalue weighted by atomic mass is 79.9. The number of rotatable bonds is 2. The second-order valence-corrected chi connectivity index (χ2v) is 6.97. The average molecular weight is 386 g/mol. The molecule has 3 nitrogen and oxygen atoms in total. The van der Waals surface area contributed by atoms with Crippen LogP contribution in [0, 0.1) is 29.6 Å². The monoisotopic (exact) mass is 384 g/mol. The summed E-state index contributed by atoms with van der Waals surface area (Å²) < 4.78 is 1.63. The largest absolute Gasteiger partial charge is 0.323 e. The smallest absolute Gasteiger partial charge is 0.244 e. The number of amides is 1. The predicted molar refractivity (Wildman–Crippen MR) is 81.7 cm³/mol. The van der Waals surface area contributed by atoms with E-state index in [9.17, 15) is 10.1 Å². The molecule has 0 aliphatic heterocycles. The lowest BCUT2D eigenvalue weighted by atomic mass is 9.63. The number of aryl methyl sites for hydroxylation is 1. The highest BCUT2D eigenvalue weighted by molar-refractivity contribution is 9.11. The van der Waals surface area contributed by atoms with Crippen LogP contribution in [0.4, 0.5) is 5.69 Å². The van der Waals surface area contributed by atoms with Gasteiger partial charge in [0.15, 0.2) is 0 Å². The Morgan fingerprint density at radius 2 is 1.95 bits per heavy atom. The fourth-order valence-electron chi connectivity index (χ4n) is 2.51. The molecule has 1 saturated carbocycles. The summed E-state index contributed by atoms with van der Waals surface area (Å²) in [5.74, 6) is 0.230. The van der Waals surface area contributed by atoms with Crippen LogP contribution in [0.5, 0.6) is 0 Å². The maximum Gasteiger partial charge on any atom is 0.244 e. The molecule has 5 heteroatoms. The van der Waals surface area contributed by atoms with Crippen LogP contribution in [0.2, 0.25) is 0 Å². The van der Waals surface area contributed by atoms with E-state index in [2.05, 4.69) is 50.2 Å². The first-order valence-corrected chi connectivity index (χ1v) is 7.65. The van der Waals surface area contributed by atoms with Gasteiger partial charge in [0.25, 0.3) is 0 Å². The zero-order chi connectivity index (χ0) is 14.2. The van der Waals surface area contributed by atoms with Crippen molar-refractivity contribution >= 4 is 43.5 Å². The molecule has 1 aliphatic rings. The third-order valence-corrected chi connectivity index (χ3v) is 4.72. The quantitative estimate of drug-likeness (QED) is 0.820. The van der Waals surface area contributed by atoms with E-state index in [1.807, 2.05) is 19.1 Å². The number of carbonyl (C=O) groups excluding carboxylic acids is 1. The molecule has 0 radical (unpaired) electrons. The number of nitrogens with zero attached hydrogens (tertiary/aromatic N) is 1. The molecule has 19 heavy (non-hydrogen) atoms. The molecule has 2 rings (SSSR count). The molecule has 0 saturated heterocycles. The van der Waals surface area contributed by atoms with Crippen LogP contribution in [-0.2, 0) is 4.79 Å². The molecule has 0 unspecified atom stereocenters. The number of carbonyl (C=O) groups is 1. The van der Waals surface area contributed by atoms with Crippen LogP contribution >= 0.6 is 31.9 Å². The fraction of sp³-hybridized carbons (Fsp3) is 0.429. The predicted octanol–water partition coefficient (Wildman–Crippen LogP) is 4.40. The van der Waals surface area contributed by atoms with Gasteiger partial charge in [-0.3, -0.25) is 4.79 Å². The molecule has 100 valence electrons. The Morgan fingerprint density at radius 3 is 2.37 bits per heavy atom. The van der Waals surface area contributed by atoms with E-state index < -0.39 is 5.41 Å². The Bertz CT molecular complexity index is 548. The Kier molecular flexibility index (Phi) is 4.03. The van der Waals surface area contributed by atoms with Gasteiger partial charge in [0, 0.05) is 8.95 Å². The highest BCUT2D eigenvalue weighted by Crippen LogP contribution is 2.46. The Balaban J connectivity index is 2.23. The number of anilines is 1. The van der Waals surface area contributed by atoms with Crippen molar-refractivity contribution in [3.63, 3.8) is 0 Å². The summed E-state index contributed by atoms with van der Waals surface area (Å²) >= 11 is 6.88. The van der Waals surface area contributed by atoms with E-state index >= 15 is 0 Å². The van der Waals surface area contributed by atoms with Crippen molar-refractivity contribution in [2.45, 2.75) is 26.7 Å². The van der Waals surface area contributed by atoms with E-state index in [4.69, 9.17) is 0 Å². The molecular formula is C14H14Br2N2O. The minimum atomic E-state index is -0.858. The summed E-state index contributed by atoms with van der Waals surface area (Å²) in [4.78, 5) is 12.3. The van der Waals surface area contributed by atoms with Gasteiger partial charge in [-0.2, -0.15) is 5.26 Å². The van der Waals surface area contributed by atoms with Crippen molar-refractivity contribution in [2.75, 3.05) is 5.32 Å². The van der Waals surface area contributed by atoms with Crippen molar-refractivity contribution in [3.8, 4) is 6.07 Å². The van der Waals surface area contributed by atoms with E-state index in [1.165, 1.54) is 0 Å². The van der Waals surface area contributed by atoms with E-state index in [1.54, 1.807) is 0 Å². The molecule has 1 N–H and O–H groups in total. The Labute approximate surface area is 129 Å². The zero-order valence-corrected chi connectivity index (χ0v) is 13.9. The fourth-order valence-corrected chi connectivity index (χ4v) is 4.12. The first kappa shape index (κ1) is 14.5. The number of halogens is 2. The van der Waals surface area contributed by atoms with Crippen LogP contribution in [-0.4, -0.2) is 5.91 Å². The van der Waals surface area contributed by atoms with Gasteiger partial charge >= 0.3 is 0 Å². The average Bonchev–Trinajstić information content (AvgIpc) is 2.29. The van der Waals surface area contributed by atoms with Crippen molar-refractivity contribution in [1.29, 1.82) is 5.26 Å². The van der Waals surface area contributed by atoms with Crippen molar-refractivity contribution in [2.24, 2.45) is 11.3 Å². The molecule has 0 atom stereocenters. The lowest BCUT2D eigenvalue weighted by molar-refractivity contribution is -0.128. The van der Waals surface area contributed by atoms with Crippen molar-refractivity contribution < 1.29 is 4.79 Å². The first-order chi connectivity index (χ1) is 8.88. The minimum absolute atomic E-state index is 0.210. The summed E-state index contributed by atoms with van der Waals surface area (Å²) in [6, 6.07) is 6.04. The molecule has 0 bridgehead atoms. The molecule has 1 aromatic carbocycles. The van der Waals surface area contributed by atoms with E-state index in [0.29, 0.717) is 24.4 Å². The SMILES string of the molecule is Cc1cc(Br)c(NC(=O)C2(C#N)CC(C)C2)c(Br)c1. The van der Waals surface area contributed by atoms with Gasteiger partial charge in [-0.05, 0) is 75.2 Å². The number of benzene rings is 1. The maximum absolute atomic E-state index is 12.3. The number of nitrogens with one attached hydrogen (secondary N) is 1. The zero-order valence-electron chi connectivity index (χ0n) is 10.8. The lowest BCUT2D eigenvalue weighted by Gasteiger charge is -2.39. The summed E-state index contributed by atoms with van der Waals surface area (Å²) in [6.45, 7) is 4.03. The first-order valence-electron chi connectivity index (χ1n) is 6.06. The third-order valence-electron chi connectivity index (χ3n) is 3.47. The van der Waals surface area contributed by atoms with Crippen LogP contribution < -0.4 is 5.32 Å². The van der Waals surface area contributed by atoms with Gasteiger partial charge in [0.1, 0.15) is 5.41 Å². The van der Waals surface area contributed by atoms with Crippen molar-refractivity contribution in [3.05, 3.63) is 26.6 Å². The molecule has 1 aliphatic carbocycles. The summed E-state index contributed by atoms with van der Waals surface area (Å²) in [5, 5.41) is 12.1. The van der Waals surface area contributed by atoms with E-state index in [0.717, 1.165) is 14.5 Å². The van der Waals surface area contributed by atoms with Crippen molar-refractivity contribution in [1.82, 2.24) is 0 Å². The van der Waals surface area contributed by atoms with Gasteiger partial charge in [-0.15, -0.1) is 0 Å². The second kappa shape index (κ2) is 5.26. The summed E-state index contributed by atoms with van der Waals surface area (Å²) in [6.07, 6.45) is 1.27. The lowest BCUT2D eigenvalue weighted by Crippen LogP contribution is -2.45. The van der Waals surface area contributed by atoms with Gasteiger partial charge in [0.2, 0.25) is 5.91 Å². The third kappa shape index (κ3) is 2.70. The van der Waals surface area contributed by atoms with Gasteiger partial charge in [-0.1, -0.05) is 6.92 Å². The topological polar surface area (TPSA) is 52.9 Å². The van der Waals surface area contributed by atoms with Gasteiger partial charge < -0.3 is 5.32 Å². The molecule has 1 fully saturated rings.